The summed E-state index contributed by atoms with van der Waals surface area (Å²) >= 11 is 0. The molecule has 0 unspecified atom stereocenters. The molecule has 0 radical (unpaired) electrons. The van der Waals surface area contributed by atoms with Crippen molar-refractivity contribution in [2.24, 2.45) is 0 Å². The van der Waals surface area contributed by atoms with Crippen LogP contribution >= 0.6 is 0 Å². The molecule has 2 aromatic carbocycles. The number of aromatic nitrogens is 1. The smallest absolute Gasteiger partial charge is 0.257 e. The molecule has 5 heteroatoms. The maximum Gasteiger partial charge on any atom is 0.257 e. The second-order valence-electron chi connectivity index (χ2n) is 5.68. The molecule has 0 fully saturated rings. The molecular formula is C19H18N2O3. The Morgan fingerprint density at radius 3 is 2.42 bits per heavy atom. The van der Waals surface area contributed by atoms with Crippen LogP contribution in [-0.2, 0) is 0 Å². The minimum absolute atomic E-state index is 0.162. The molecule has 5 nitrogen and oxygen atoms in total. The Bertz CT molecular complexity index is 974. The third-order valence-corrected chi connectivity index (χ3v) is 3.92. The molecule has 3 aromatic rings. The van der Waals surface area contributed by atoms with E-state index in [1.54, 1.807) is 68.6 Å². The fourth-order valence-electron chi connectivity index (χ4n) is 2.74. The van der Waals surface area contributed by atoms with Crippen LogP contribution < -0.4 is 15.2 Å². The lowest BCUT2D eigenvalue weighted by molar-refractivity contribution is 0.104. The van der Waals surface area contributed by atoms with Crippen molar-refractivity contribution in [2.45, 2.75) is 0 Å². The minimum Gasteiger partial charge on any atom is -0.497 e. The van der Waals surface area contributed by atoms with Crippen LogP contribution in [0.5, 0.6) is 5.75 Å². The van der Waals surface area contributed by atoms with Crippen molar-refractivity contribution in [3.8, 4) is 5.75 Å². The van der Waals surface area contributed by atoms with Crippen LogP contribution in [0.3, 0.4) is 0 Å². The molecule has 3 rings (SSSR count). The number of H-pyrrole nitrogens is 1. The second-order valence-corrected chi connectivity index (χ2v) is 5.68. The first-order valence-corrected chi connectivity index (χ1v) is 7.54. The van der Waals surface area contributed by atoms with Crippen molar-refractivity contribution in [2.75, 3.05) is 26.1 Å². The second kappa shape index (κ2) is 6.20. The molecule has 24 heavy (non-hydrogen) atoms. The van der Waals surface area contributed by atoms with Gasteiger partial charge in [0.05, 0.1) is 12.7 Å². The highest BCUT2D eigenvalue weighted by Crippen LogP contribution is 2.27. The van der Waals surface area contributed by atoms with Gasteiger partial charge in [-0.2, -0.15) is 0 Å². The number of hydrogen-bond donors (Lipinski definition) is 1. The summed E-state index contributed by atoms with van der Waals surface area (Å²) in [5.74, 6) is 0.942. The van der Waals surface area contributed by atoms with E-state index in [9.17, 15) is 9.59 Å². The highest BCUT2D eigenvalue weighted by atomic mass is 16.5. The first kappa shape index (κ1) is 15.8. The van der Waals surface area contributed by atoms with E-state index in [2.05, 4.69) is 4.98 Å². The number of aromatic amines is 1. The van der Waals surface area contributed by atoms with Crippen LogP contribution in [0, 0.1) is 0 Å². The number of ether oxygens (including phenoxy) is 1. The molecule has 0 saturated heterocycles. The molecule has 0 bridgehead atoms. The van der Waals surface area contributed by atoms with Crippen molar-refractivity contribution >= 4 is 22.4 Å². The fourth-order valence-corrected chi connectivity index (χ4v) is 2.74. The van der Waals surface area contributed by atoms with Crippen molar-refractivity contribution in [1.82, 2.24) is 4.98 Å². The van der Waals surface area contributed by atoms with Gasteiger partial charge in [0.25, 0.3) is 5.56 Å². The summed E-state index contributed by atoms with van der Waals surface area (Å²) in [7, 11) is 5.15. The standard InChI is InChI=1S/C19H18N2O3/c1-21(2)18-16(14-9-4-5-10-15(14)19(23)20-18)17(22)12-7-6-8-13(11-12)24-3/h4-11H,1-3H3,(H,20,23). The van der Waals surface area contributed by atoms with E-state index in [0.29, 0.717) is 33.5 Å². The molecule has 1 heterocycles. The maximum absolute atomic E-state index is 13.2. The number of nitrogens with zero attached hydrogens (tertiary/aromatic N) is 1. The number of pyridine rings is 1. The summed E-state index contributed by atoms with van der Waals surface area (Å²) in [6.07, 6.45) is 0. The molecule has 0 aliphatic heterocycles. The number of carbonyl (C=O) groups is 1. The van der Waals surface area contributed by atoms with Crippen LogP contribution in [0.2, 0.25) is 0 Å². The average Bonchev–Trinajstić information content (AvgIpc) is 2.61. The number of carbonyl (C=O) groups excluding carboxylic acids is 1. The van der Waals surface area contributed by atoms with Gasteiger partial charge in [0, 0.05) is 30.4 Å². The van der Waals surface area contributed by atoms with Crippen LogP contribution in [0.1, 0.15) is 15.9 Å². The maximum atomic E-state index is 13.2. The lowest BCUT2D eigenvalue weighted by Gasteiger charge is -2.18. The minimum atomic E-state index is -0.212. The topological polar surface area (TPSA) is 62.4 Å². The SMILES string of the molecule is COc1cccc(C(=O)c2c(N(C)C)[nH]c(=O)c3ccccc23)c1. The quantitative estimate of drug-likeness (QED) is 0.750. The van der Waals surface area contributed by atoms with Gasteiger partial charge >= 0.3 is 0 Å². The van der Waals surface area contributed by atoms with Crippen molar-refractivity contribution < 1.29 is 9.53 Å². The number of benzene rings is 2. The van der Waals surface area contributed by atoms with Crippen molar-refractivity contribution in [3.05, 3.63) is 70.0 Å². The fraction of sp³-hybridized carbons (Fsp3) is 0.158. The number of ketones is 1. The number of hydrogen-bond acceptors (Lipinski definition) is 4. The molecule has 1 N–H and O–H groups in total. The summed E-state index contributed by atoms with van der Waals surface area (Å²) in [5.41, 5.74) is 0.773. The molecule has 122 valence electrons. The van der Waals surface area contributed by atoms with Crippen molar-refractivity contribution in [1.29, 1.82) is 0 Å². The van der Waals surface area contributed by atoms with Gasteiger partial charge in [0.15, 0.2) is 5.78 Å². The first-order chi connectivity index (χ1) is 11.5. The zero-order valence-electron chi connectivity index (χ0n) is 13.8. The van der Waals surface area contributed by atoms with Crippen LogP contribution in [0.4, 0.5) is 5.82 Å². The first-order valence-electron chi connectivity index (χ1n) is 7.54. The van der Waals surface area contributed by atoms with Gasteiger partial charge in [0.1, 0.15) is 11.6 Å². The van der Waals surface area contributed by atoms with Gasteiger partial charge in [-0.1, -0.05) is 30.3 Å². The highest BCUT2D eigenvalue weighted by Gasteiger charge is 2.21. The lowest BCUT2D eigenvalue weighted by atomic mass is 9.98. The number of rotatable bonds is 4. The molecule has 0 atom stereocenters. The van der Waals surface area contributed by atoms with E-state index < -0.39 is 0 Å². The molecule has 0 spiro atoms. The van der Waals surface area contributed by atoms with E-state index in [0.717, 1.165) is 0 Å². The summed E-state index contributed by atoms with van der Waals surface area (Å²) in [6, 6.07) is 14.1. The van der Waals surface area contributed by atoms with E-state index in [-0.39, 0.29) is 11.3 Å². The largest absolute Gasteiger partial charge is 0.497 e. The van der Waals surface area contributed by atoms with Gasteiger partial charge in [0.2, 0.25) is 0 Å². The average molecular weight is 322 g/mol. The van der Waals surface area contributed by atoms with Crippen molar-refractivity contribution in [3.63, 3.8) is 0 Å². The Morgan fingerprint density at radius 1 is 1.04 bits per heavy atom. The van der Waals surface area contributed by atoms with Gasteiger partial charge < -0.3 is 14.6 Å². The predicted molar refractivity (Wildman–Crippen MR) is 95.3 cm³/mol. The Morgan fingerprint density at radius 2 is 1.75 bits per heavy atom. The Balaban J connectivity index is 2.31. The van der Waals surface area contributed by atoms with Gasteiger partial charge in [-0.05, 0) is 18.2 Å². The summed E-state index contributed by atoms with van der Waals surface area (Å²) < 4.78 is 5.20. The third-order valence-electron chi connectivity index (χ3n) is 3.92. The summed E-state index contributed by atoms with van der Waals surface area (Å²) in [5, 5.41) is 1.13. The molecule has 0 amide bonds. The van der Waals surface area contributed by atoms with Crippen LogP contribution in [0.25, 0.3) is 10.8 Å². The molecule has 0 aliphatic rings. The summed E-state index contributed by atoms with van der Waals surface area (Å²) in [4.78, 5) is 30.0. The number of anilines is 1. The van der Waals surface area contributed by atoms with Gasteiger partial charge in [-0.25, -0.2) is 0 Å². The molecule has 0 saturated carbocycles. The Kier molecular flexibility index (Phi) is 4.08. The number of methoxy groups -OCH3 is 1. The molecular weight excluding hydrogens is 304 g/mol. The Hall–Kier alpha value is -3.08. The lowest BCUT2D eigenvalue weighted by Crippen LogP contribution is -2.22. The Labute approximate surface area is 139 Å². The highest BCUT2D eigenvalue weighted by molar-refractivity contribution is 6.19. The van der Waals surface area contributed by atoms with Crippen LogP contribution in [0.15, 0.2) is 53.3 Å². The third kappa shape index (κ3) is 2.65. The monoisotopic (exact) mass is 322 g/mol. The number of fused-ring (bicyclic) bond motifs is 1. The van der Waals surface area contributed by atoms with Gasteiger partial charge in [-0.15, -0.1) is 0 Å². The number of nitrogens with one attached hydrogen (secondary N) is 1. The zero-order valence-corrected chi connectivity index (χ0v) is 13.8. The predicted octanol–water partition coefficient (Wildman–Crippen LogP) is 2.83. The van der Waals surface area contributed by atoms with E-state index in [1.807, 2.05) is 6.07 Å². The van der Waals surface area contributed by atoms with Gasteiger partial charge in [-0.3, -0.25) is 9.59 Å². The summed E-state index contributed by atoms with van der Waals surface area (Å²) in [6.45, 7) is 0. The van der Waals surface area contributed by atoms with E-state index in [1.165, 1.54) is 0 Å². The normalized spacial score (nSPS) is 10.6. The van der Waals surface area contributed by atoms with E-state index in [4.69, 9.17) is 4.74 Å². The van der Waals surface area contributed by atoms with Crippen LogP contribution in [-0.4, -0.2) is 32.0 Å². The molecule has 1 aromatic heterocycles. The van der Waals surface area contributed by atoms with E-state index >= 15 is 0 Å². The zero-order chi connectivity index (χ0) is 17.3. The molecule has 0 aliphatic carbocycles.